The van der Waals surface area contributed by atoms with Crippen molar-refractivity contribution >= 4 is 17.7 Å². The zero-order valence-electron chi connectivity index (χ0n) is 10.5. The third-order valence-electron chi connectivity index (χ3n) is 2.11. The van der Waals surface area contributed by atoms with Crippen LogP contribution in [0.25, 0.3) is 0 Å². The van der Waals surface area contributed by atoms with E-state index in [-0.39, 0.29) is 5.91 Å². The fourth-order valence-electron chi connectivity index (χ4n) is 1.25. The van der Waals surface area contributed by atoms with Crippen molar-refractivity contribution in [3.8, 4) is 0 Å². The lowest BCUT2D eigenvalue weighted by Crippen LogP contribution is -2.25. The van der Waals surface area contributed by atoms with E-state index in [0.29, 0.717) is 18.1 Å². The second-order valence-electron chi connectivity index (χ2n) is 4.27. The van der Waals surface area contributed by atoms with Gasteiger partial charge in [0.05, 0.1) is 6.61 Å². The molecule has 0 aromatic heterocycles. The van der Waals surface area contributed by atoms with Gasteiger partial charge in [0.2, 0.25) is 0 Å². The maximum atomic E-state index is 11.7. The predicted octanol–water partition coefficient (Wildman–Crippen LogP) is 2.87. The highest BCUT2D eigenvalue weighted by Crippen LogP contribution is 2.10. The molecule has 0 unspecified atom stereocenters. The topological polar surface area (TPSA) is 38.3 Å². The minimum atomic E-state index is -0.193. The number of nitrogens with one attached hydrogen (secondary N) is 1. The SMILES string of the molecule is CSCc1ccc(C(=O)NOCC(C)C)cc1. The second-order valence-corrected chi connectivity index (χ2v) is 5.13. The van der Waals surface area contributed by atoms with E-state index in [1.807, 2.05) is 38.1 Å². The molecular weight excluding hydrogens is 234 g/mol. The van der Waals surface area contributed by atoms with Crippen molar-refractivity contribution < 1.29 is 9.63 Å². The zero-order chi connectivity index (χ0) is 12.7. The first kappa shape index (κ1) is 14.1. The number of rotatable bonds is 6. The van der Waals surface area contributed by atoms with Gasteiger partial charge in [-0.25, -0.2) is 5.48 Å². The molecule has 0 fully saturated rings. The summed E-state index contributed by atoms with van der Waals surface area (Å²) in [4.78, 5) is 16.7. The molecule has 0 saturated heterocycles. The number of hydroxylamine groups is 1. The van der Waals surface area contributed by atoms with E-state index in [2.05, 4.69) is 11.7 Å². The molecule has 94 valence electrons. The lowest BCUT2D eigenvalue weighted by atomic mass is 10.1. The molecule has 3 nitrogen and oxygen atoms in total. The van der Waals surface area contributed by atoms with E-state index in [1.54, 1.807) is 11.8 Å². The molecule has 1 N–H and O–H groups in total. The third-order valence-corrected chi connectivity index (χ3v) is 2.73. The van der Waals surface area contributed by atoms with Gasteiger partial charge in [0.15, 0.2) is 0 Å². The van der Waals surface area contributed by atoms with E-state index in [9.17, 15) is 4.79 Å². The molecule has 0 aliphatic carbocycles. The highest BCUT2D eigenvalue weighted by atomic mass is 32.2. The Morgan fingerprint density at radius 1 is 1.35 bits per heavy atom. The van der Waals surface area contributed by atoms with Crippen LogP contribution >= 0.6 is 11.8 Å². The van der Waals surface area contributed by atoms with E-state index >= 15 is 0 Å². The Hall–Kier alpha value is -1.00. The summed E-state index contributed by atoms with van der Waals surface area (Å²) in [5.74, 6) is 1.17. The van der Waals surface area contributed by atoms with Gasteiger partial charge in [-0.05, 0) is 29.9 Å². The first-order valence-electron chi connectivity index (χ1n) is 5.63. The van der Waals surface area contributed by atoms with Crippen LogP contribution in [0.4, 0.5) is 0 Å². The molecule has 0 bridgehead atoms. The van der Waals surface area contributed by atoms with Crippen molar-refractivity contribution in [2.45, 2.75) is 19.6 Å². The van der Waals surface area contributed by atoms with Gasteiger partial charge in [-0.2, -0.15) is 11.8 Å². The van der Waals surface area contributed by atoms with E-state index in [0.717, 1.165) is 5.75 Å². The minimum absolute atomic E-state index is 0.193. The molecule has 0 aliphatic rings. The molecule has 0 radical (unpaired) electrons. The highest BCUT2D eigenvalue weighted by molar-refractivity contribution is 7.97. The van der Waals surface area contributed by atoms with Crippen molar-refractivity contribution in [2.75, 3.05) is 12.9 Å². The van der Waals surface area contributed by atoms with Crippen molar-refractivity contribution in [2.24, 2.45) is 5.92 Å². The Morgan fingerprint density at radius 3 is 2.53 bits per heavy atom. The molecule has 0 spiro atoms. The molecule has 0 saturated carbocycles. The van der Waals surface area contributed by atoms with Gasteiger partial charge in [-0.1, -0.05) is 26.0 Å². The van der Waals surface area contributed by atoms with Gasteiger partial charge in [0, 0.05) is 11.3 Å². The summed E-state index contributed by atoms with van der Waals surface area (Å²) in [5.41, 5.74) is 4.28. The average molecular weight is 253 g/mol. The van der Waals surface area contributed by atoms with Crippen molar-refractivity contribution in [1.29, 1.82) is 0 Å². The van der Waals surface area contributed by atoms with Gasteiger partial charge in [0.1, 0.15) is 0 Å². The van der Waals surface area contributed by atoms with Crippen LogP contribution in [0.3, 0.4) is 0 Å². The first-order chi connectivity index (χ1) is 8.13. The monoisotopic (exact) mass is 253 g/mol. The fraction of sp³-hybridized carbons (Fsp3) is 0.462. The number of amides is 1. The number of benzene rings is 1. The van der Waals surface area contributed by atoms with Crippen molar-refractivity contribution in [3.63, 3.8) is 0 Å². The van der Waals surface area contributed by atoms with Gasteiger partial charge in [0.25, 0.3) is 5.91 Å². The van der Waals surface area contributed by atoms with Crippen molar-refractivity contribution in [1.82, 2.24) is 5.48 Å². The number of carbonyl (C=O) groups excluding carboxylic acids is 1. The van der Waals surface area contributed by atoms with Crippen LogP contribution < -0.4 is 5.48 Å². The second kappa shape index (κ2) is 7.35. The molecule has 1 rings (SSSR count). The summed E-state index contributed by atoms with van der Waals surface area (Å²) in [7, 11) is 0. The summed E-state index contributed by atoms with van der Waals surface area (Å²) in [6.07, 6.45) is 2.06. The van der Waals surface area contributed by atoms with Crippen LogP contribution in [0.15, 0.2) is 24.3 Å². The normalized spacial score (nSPS) is 10.6. The quantitative estimate of drug-likeness (QED) is 0.792. The van der Waals surface area contributed by atoms with Gasteiger partial charge in [-0.15, -0.1) is 0 Å². The summed E-state index contributed by atoms with van der Waals surface area (Å²) >= 11 is 1.76. The van der Waals surface area contributed by atoms with Crippen LogP contribution in [0.5, 0.6) is 0 Å². The van der Waals surface area contributed by atoms with Crippen molar-refractivity contribution in [3.05, 3.63) is 35.4 Å². The van der Waals surface area contributed by atoms with Crippen LogP contribution in [-0.2, 0) is 10.6 Å². The average Bonchev–Trinajstić information content (AvgIpc) is 2.30. The Kier molecular flexibility index (Phi) is 6.08. The van der Waals surface area contributed by atoms with Gasteiger partial charge < -0.3 is 0 Å². The smallest absolute Gasteiger partial charge is 0.273 e. The number of hydrogen-bond acceptors (Lipinski definition) is 3. The molecule has 1 amide bonds. The predicted molar refractivity (Wildman–Crippen MR) is 71.9 cm³/mol. The standard InChI is InChI=1S/C13H19NO2S/c1-10(2)8-16-14-13(15)12-6-4-11(5-7-12)9-17-3/h4-7,10H,8-9H2,1-3H3,(H,14,15). The Morgan fingerprint density at radius 2 is 2.00 bits per heavy atom. The van der Waals surface area contributed by atoms with Crippen LogP contribution in [-0.4, -0.2) is 18.8 Å². The third kappa shape index (κ3) is 5.24. The number of carbonyl (C=O) groups is 1. The number of thioether (sulfide) groups is 1. The van der Waals surface area contributed by atoms with E-state index in [1.165, 1.54) is 5.56 Å². The van der Waals surface area contributed by atoms with Crippen LogP contribution in [0, 0.1) is 5.92 Å². The van der Waals surface area contributed by atoms with E-state index in [4.69, 9.17) is 4.84 Å². The lowest BCUT2D eigenvalue weighted by molar-refractivity contribution is 0.0208. The molecule has 4 heteroatoms. The van der Waals surface area contributed by atoms with Gasteiger partial charge in [-0.3, -0.25) is 9.63 Å². The molecule has 0 atom stereocenters. The summed E-state index contributed by atoms with van der Waals surface area (Å²) in [6, 6.07) is 7.57. The fourth-order valence-corrected chi connectivity index (χ4v) is 1.78. The Balaban J connectivity index is 2.46. The van der Waals surface area contributed by atoms with Crippen LogP contribution in [0.1, 0.15) is 29.8 Å². The zero-order valence-corrected chi connectivity index (χ0v) is 11.3. The Labute approximate surface area is 107 Å². The highest BCUT2D eigenvalue weighted by Gasteiger charge is 2.05. The maximum absolute atomic E-state index is 11.7. The largest absolute Gasteiger partial charge is 0.274 e. The molecule has 1 aromatic carbocycles. The summed E-state index contributed by atoms with van der Waals surface area (Å²) in [6.45, 7) is 4.59. The summed E-state index contributed by atoms with van der Waals surface area (Å²) < 4.78 is 0. The van der Waals surface area contributed by atoms with Gasteiger partial charge >= 0.3 is 0 Å². The Bertz CT molecular complexity index is 349. The number of hydrogen-bond donors (Lipinski definition) is 1. The van der Waals surface area contributed by atoms with Crippen LogP contribution in [0.2, 0.25) is 0 Å². The summed E-state index contributed by atoms with van der Waals surface area (Å²) in [5, 5.41) is 0. The minimum Gasteiger partial charge on any atom is -0.273 e. The maximum Gasteiger partial charge on any atom is 0.274 e. The molecule has 0 aliphatic heterocycles. The first-order valence-corrected chi connectivity index (χ1v) is 7.03. The molecule has 0 heterocycles. The lowest BCUT2D eigenvalue weighted by Gasteiger charge is -2.08. The molecular formula is C13H19NO2S. The van der Waals surface area contributed by atoms with E-state index < -0.39 is 0 Å². The molecule has 1 aromatic rings. The molecule has 17 heavy (non-hydrogen) atoms.